The molecule has 1 aliphatic carbocycles. The third-order valence-electron chi connectivity index (χ3n) is 5.95. The molecule has 4 amide bonds. The Bertz CT molecular complexity index is 1220. The molecule has 0 bridgehead atoms. The lowest BCUT2D eigenvalue weighted by atomic mass is 9.92. The van der Waals surface area contributed by atoms with E-state index in [1.54, 1.807) is 29.1 Å². The third kappa shape index (κ3) is 3.42. The summed E-state index contributed by atoms with van der Waals surface area (Å²) in [5.74, 6) is -0.398. The minimum atomic E-state index is -1.08. The maximum atomic E-state index is 13.2. The lowest BCUT2D eigenvalue weighted by Crippen LogP contribution is -2.43. The van der Waals surface area contributed by atoms with Crippen molar-refractivity contribution in [1.29, 1.82) is 0 Å². The normalized spacial score (nSPS) is 19.3. The fourth-order valence-electron chi connectivity index (χ4n) is 4.39. The van der Waals surface area contributed by atoms with Crippen LogP contribution in [0.5, 0.6) is 0 Å². The summed E-state index contributed by atoms with van der Waals surface area (Å²) in [6, 6.07) is 16.0. The highest BCUT2D eigenvalue weighted by atomic mass is 35.5. The first kappa shape index (κ1) is 20.3. The number of carbonyl (C=O) groups excluding carboxylic acids is 3. The van der Waals surface area contributed by atoms with Crippen molar-refractivity contribution in [2.75, 3.05) is 11.9 Å². The van der Waals surface area contributed by atoms with Crippen LogP contribution in [0.2, 0.25) is 5.02 Å². The van der Waals surface area contributed by atoms with Gasteiger partial charge < -0.3 is 10.6 Å². The Labute approximate surface area is 189 Å². The molecule has 0 radical (unpaired) electrons. The lowest BCUT2D eigenvalue weighted by molar-refractivity contribution is -0.134. The number of hydrogen-bond donors (Lipinski definition) is 2. The zero-order valence-electron chi connectivity index (χ0n) is 17.0. The third-order valence-corrected chi connectivity index (χ3v) is 6.21. The van der Waals surface area contributed by atoms with Gasteiger partial charge >= 0.3 is 6.03 Å². The maximum absolute atomic E-state index is 13.2. The Kier molecular flexibility index (Phi) is 4.94. The number of aromatic nitrogens is 2. The molecule has 1 fully saturated rings. The number of nitrogens with one attached hydrogen (secondary N) is 2. The first-order chi connectivity index (χ1) is 15.5. The van der Waals surface area contributed by atoms with E-state index in [2.05, 4.69) is 15.7 Å². The zero-order valence-corrected chi connectivity index (χ0v) is 17.8. The molecule has 0 unspecified atom stereocenters. The number of aryl methyl sites for hydroxylation is 1. The van der Waals surface area contributed by atoms with Crippen molar-refractivity contribution in [3.63, 3.8) is 0 Å². The number of carbonyl (C=O) groups is 3. The maximum Gasteiger partial charge on any atom is 0.325 e. The molecule has 32 heavy (non-hydrogen) atoms. The predicted octanol–water partition coefficient (Wildman–Crippen LogP) is 2.92. The first-order valence-corrected chi connectivity index (χ1v) is 10.6. The second-order valence-corrected chi connectivity index (χ2v) is 8.37. The SMILES string of the molecule is O=C(CN1C(=O)N[C@]2(CCc3ccccc32)C1=O)Nc1ccnn1Cc1ccc(Cl)cc1. The second kappa shape index (κ2) is 7.80. The lowest BCUT2D eigenvalue weighted by Gasteiger charge is -2.22. The Morgan fingerprint density at radius 2 is 1.91 bits per heavy atom. The fraction of sp³-hybridized carbons (Fsp3) is 0.217. The smallest absolute Gasteiger partial charge is 0.319 e. The second-order valence-electron chi connectivity index (χ2n) is 7.93. The van der Waals surface area contributed by atoms with Crippen LogP contribution in [0.15, 0.2) is 60.8 Å². The van der Waals surface area contributed by atoms with E-state index in [0.29, 0.717) is 30.2 Å². The summed E-state index contributed by atoms with van der Waals surface area (Å²) in [6.45, 7) is 0.0590. The Hall–Kier alpha value is -3.65. The topological polar surface area (TPSA) is 96.3 Å². The highest BCUT2D eigenvalue weighted by Gasteiger charge is 2.55. The molecule has 2 aliphatic rings. The van der Waals surface area contributed by atoms with Crippen LogP contribution in [0.4, 0.5) is 10.6 Å². The van der Waals surface area contributed by atoms with Gasteiger partial charge in [-0.25, -0.2) is 9.48 Å². The van der Waals surface area contributed by atoms with Crippen LogP contribution in [0, 0.1) is 0 Å². The van der Waals surface area contributed by atoms with Crippen LogP contribution < -0.4 is 10.6 Å². The van der Waals surface area contributed by atoms with Gasteiger partial charge in [0.15, 0.2) is 0 Å². The van der Waals surface area contributed by atoms with Crippen molar-refractivity contribution in [2.24, 2.45) is 0 Å². The van der Waals surface area contributed by atoms with E-state index in [-0.39, 0.29) is 6.54 Å². The summed E-state index contributed by atoms with van der Waals surface area (Å²) >= 11 is 5.93. The molecule has 162 valence electrons. The Morgan fingerprint density at radius 3 is 2.72 bits per heavy atom. The molecule has 2 N–H and O–H groups in total. The number of anilines is 1. The van der Waals surface area contributed by atoms with Gasteiger partial charge in [-0.05, 0) is 41.7 Å². The van der Waals surface area contributed by atoms with E-state index in [1.165, 1.54) is 0 Å². The highest BCUT2D eigenvalue weighted by molar-refractivity contribution is 6.30. The molecule has 5 rings (SSSR count). The van der Waals surface area contributed by atoms with Crippen LogP contribution >= 0.6 is 11.6 Å². The van der Waals surface area contributed by atoms with E-state index < -0.39 is 23.4 Å². The summed E-state index contributed by atoms with van der Waals surface area (Å²) in [5, 5.41) is 10.5. The number of nitrogens with zero attached hydrogens (tertiary/aromatic N) is 3. The number of fused-ring (bicyclic) bond motifs is 2. The fourth-order valence-corrected chi connectivity index (χ4v) is 4.51. The molecule has 3 aromatic rings. The molecule has 0 saturated carbocycles. The van der Waals surface area contributed by atoms with Gasteiger partial charge in [-0.2, -0.15) is 5.10 Å². The van der Waals surface area contributed by atoms with Gasteiger partial charge in [0.1, 0.15) is 17.9 Å². The molecule has 1 aliphatic heterocycles. The molecule has 1 aromatic heterocycles. The van der Waals surface area contributed by atoms with Crippen LogP contribution in [0.3, 0.4) is 0 Å². The van der Waals surface area contributed by atoms with E-state index in [9.17, 15) is 14.4 Å². The number of halogens is 1. The van der Waals surface area contributed by atoms with Crippen molar-refractivity contribution >= 4 is 35.3 Å². The average molecular weight is 450 g/mol. The molecule has 8 nitrogen and oxygen atoms in total. The van der Waals surface area contributed by atoms with Gasteiger partial charge in [0.05, 0.1) is 12.7 Å². The average Bonchev–Trinajstić information content (AvgIpc) is 3.44. The van der Waals surface area contributed by atoms with Crippen LogP contribution in [0.1, 0.15) is 23.1 Å². The summed E-state index contributed by atoms with van der Waals surface area (Å²) in [6.07, 6.45) is 2.76. The van der Waals surface area contributed by atoms with Crippen LogP contribution in [-0.2, 0) is 28.1 Å². The zero-order chi connectivity index (χ0) is 22.3. The van der Waals surface area contributed by atoms with Crippen LogP contribution in [0.25, 0.3) is 0 Å². The van der Waals surface area contributed by atoms with E-state index >= 15 is 0 Å². The van der Waals surface area contributed by atoms with Gasteiger partial charge in [0, 0.05) is 11.1 Å². The summed E-state index contributed by atoms with van der Waals surface area (Å²) in [5.41, 5.74) is 1.73. The minimum Gasteiger partial charge on any atom is -0.319 e. The Balaban J connectivity index is 1.29. The van der Waals surface area contributed by atoms with E-state index in [4.69, 9.17) is 11.6 Å². The minimum absolute atomic E-state index is 0.374. The standard InChI is InChI=1S/C23H20ClN5O3/c24-17-7-5-15(6-8-17)13-29-19(10-12-25-29)26-20(30)14-28-21(31)23(27-22(28)32)11-9-16-3-1-2-4-18(16)23/h1-8,10,12H,9,11,13-14H2,(H,26,30)(H,27,32)/t23-/m0/s1. The van der Waals surface area contributed by atoms with Gasteiger partial charge in [-0.3, -0.25) is 14.5 Å². The number of amides is 4. The van der Waals surface area contributed by atoms with Crippen molar-refractivity contribution in [1.82, 2.24) is 20.0 Å². The molecule has 9 heteroatoms. The molecular weight excluding hydrogens is 430 g/mol. The summed E-state index contributed by atoms with van der Waals surface area (Å²) in [4.78, 5) is 39.5. The molecule has 1 spiro atoms. The van der Waals surface area contributed by atoms with Gasteiger partial charge in [-0.1, -0.05) is 48.0 Å². The molecular formula is C23H20ClN5O3. The molecule has 1 atom stereocenters. The Morgan fingerprint density at radius 1 is 1.12 bits per heavy atom. The van der Waals surface area contributed by atoms with E-state index in [1.807, 2.05) is 36.4 Å². The van der Waals surface area contributed by atoms with Crippen molar-refractivity contribution in [3.05, 3.63) is 82.5 Å². The predicted molar refractivity (Wildman–Crippen MR) is 118 cm³/mol. The number of rotatable bonds is 5. The van der Waals surface area contributed by atoms with Crippen molar-refractivity contribution in [2.45, 2.75) is 24.9 Å². The van der Waals surface area contributed by atoms with Gasteiger partial charge in [-0.15, -0.1) is 0 Å². The molecule has 2 aromatic carbocycles. The molecule has 1 saturated heterocycles. The monoisotopic (exact) mass is 449 g/mol. The van der Waals surface area contributed by atoms with Gasteiger partial charge in [0.25, 0.3) is 5.91 Å². The van der Waals surface area contributed by atoms with Crippen molar-refractivity contribution < 1.29 is 14.4 Å². The van der Waals surface area contributed by atoms with E-state index in [0.717, 1.165) is 21.6 Å². The van der Waals surface area contributed by atoms with Gasteiger partial charge in [0.2, 0.25) is 5.91 Å². The molecule has 2 heterocycles. The number of benzene rings is 2. The van der Waals surface area contributed by atoms with Crippen molar-refractivity contribution in [3.8, 4) is 0 Å². The largest absolute Gasteiger partial charge is 0.325 e. The number of hydrogen-bond acceptors (Lipinski definition) is 4. The highest BCUT2D eigenvalue weighted by Crippen LogP contribution is 2.41. The summed E-state index contributed by atoms with van der Waals surface area (Å²) in [7, 11) is 0. The quantitative estimate of drug-likeness (QED) is 0.585. The number of urea groups is 1. The summed E-state index contributed by atoms with van der Waals surface area (Å²) < 4.78 is 1.63. The first-order valence-electron chi connectivity index (χ1n) is 10.2. The van der Waals surface area contributed by atoms with Crippen LogP contribution in [-0.4, -0.2) is 39.1 Å². The number of imide groups is 1.